The van der Waals surface area contributed by atoms with Crippen molar-refractivity contribution in [2.45, 2.75) is 44.6 Å². The zero-order chi connectivity index (χ0) is 16.4. The molecule has 0 spiro atoms. The van der Waals surface area contributed by atoms with Crippen molar-refractivity contribution in [2.75, 3.05) is 0 Å². The lowest BCUT2D eigenvalue weighted by Gasteiger charge is -2.37. The second-order valence-electron chi connectivity index (χ2n) is 6.33. The number of aromatic nitrogens is 2. The lowest BCUT2D eigenvalue weighted by atomic mass is 9.75. The van der Waals surface area contributed by atoms with Crippen molar-refractivity contribution >= 4 is 22.8 Å². The van der Waals surface area contributed by atoms with Gasteiger partial charge in [-0.1, -0.05) is 25.5 Å². The summed E-state index contributed by atoms with van der Waals surface area (Å²) in [5.74, 6) is -0.759. The van der Waals surface area contributed by atoms with Gasteiger partial charge in [0.05, 0.1) is 17.3 Å². The van der Waals surface area contributed by atoms with Gasteiger partial charge in [0, 0.05) is 5.39 Å². The Morgan fingerprint density at radius 2 is 2.13 bits per heavy atom. The number of carboxylic acids is 1. The molecule has 1 heterocycles. The fourth-order valence-corrected chi connectivity index (χ4v) is 3.41. The largest absolute Gasteiger partial charge is 0.480 e. The fraction of sp³-hybridized carbons (Fsp3) is 0.471. The molecule has 6 heteroatoms. The van der Waals surface area contributed by atoms with E-state index in [0.29, 0.717) is 29.8 Å². The van der Waals surface area contributed by atoms with E-state index in [0.717, 1.165) is 24.6 Å². The first-order valence-corrected chi connectivity index (χ1v) is 8.04. The maximum atomic E-state index is 12.7. The van der Waals surface area contributed by atoms with E-state index in [-0.39, 0.29) is 5.91 Å². The number of aromatic amines is 1. The topological polar surface area (TPSA) is 95.1 Å². The van der Waals surface area contributed by atoms with Crippen molar-refractivity contribution < 1.29 is 14.7 Å². The van der Waals surface area contributed by atoms with Crippen LogP contribution in [-0.2, 0) is 4.79 Å². The van der Waals surface area contributed by atoms with Crippen molar-refractivity contribution in [3.05, 3.63) is 30.0 Å². The molecule has 3 rings (SSSR count). The van der Waals surface area contributed by atoms with Gasteiger partial charge in [-0.25, -0.2) is 4.79 Å². The Balaban J connectivity index is 1.85. The smallest absolute Gasteiger partial charge is 0.329 e. The van der Waals surface area contributed by atoms with Crippen LogP contribution in [0.3, 0.4) is 0 Å². The average Bonchev–Trinajstić information content (AvgIpc) is 3.03. The number of nitrogens with one attached hydrogen (secondary N) is 2. The van der Waals surface area contributed by atoms with Gasteiger partial charge < -0.3 is 10.4 Å². The van der Waals surface area contributed by atoms with Crippen LogP contribution in [0.2, 0.25) is 0 Å². The van der Waals surface area contributed by atoms with E-state index in [9.17, 15) is 14.7 Å². The second kappa shape index (κ2) is 6.02. The molecule has 3 N–H and O–H groups in total. The van der Waals surface area contributed by atoms with Gasteiger partial charge in [-0.2, -0.15) is 5.10 Å². The number of fused-ring (bicyclic) bond motifs is 1. The highest BCUT2D eigenvalue weighted by molar-refractivity contribution is 6.06. The minimum Gasteiger partial charge on any atom is -0.480 e. The molecule has 6 nitrogen and oxygen atoms in total. The normalized spacial score (nSPS) is 24.5. The van der Waals surface area contributed by atoms with E-state index in [1.165, 1.54) is 0 Å². The molecule has 0 aliphatic heterocycles. The fourth-order valence-electron chi connectivity index (χ4n) is 3.41. The number of carbonyl (C=O) groups excluding carboxylic acids is 1. The van der Waals surface area contributed by atoms with Crippen LogP contribution in [0, 0.1) is 5.92 Å². The Bertz CT molecular complexity index is 730. The first kappa shape index (κ1) is 15.5. The van der Waals surface area contributed by atoms with Crippen molar-refractivity contribution in [1.82, 2.24) is 15.5 Å². The molecule has 2 aromatic rings. The van der Waals surface area contributed by atoms with Gasteiger partial charge in [0.2, 0.25) is 0 Å². The Morgan fingerprint density at radius 1 is 1.39 bits per heavy atom. The van der Waals surface area contributed by atoms with Gasteiger partial charge in [0.1, 0.15) is 5.54 Å². The number of nitrogens with zero attached hydrogens (tertiary/aromatic N) is 1. The number of aliphatic carboxylic acids is 1. The van der Waals surface area contributed by atoms with Gasteiger partial charge in [-0.05, 0) is 37.7 Å². The number of para-hydroxylation sites is 1. The Hall–Kier alpha value is -2.37. The lowest BCUT2D eigenvalue weighted by Crippen LogP contribution is -2.56. The summed E-state index contributed by atoms with van der Waals surface area (Å²) in [6.07, 6.45) is 5.31. The standard InChI is InChI=1S/C17H21N3O3/c1-2-11-6-8-17(9-7-11,16(22)23)19-15(21)13-5-3-4-12-10-18-20-14(12)13/h3-5,10-11H,2,6-9H2,1H3,(H,18,20)(H,19,21)(H,22,23). The third-order valence-corrected chi connectivity index (χ3v) is 5.02. The maximum absolute atomic E-state index is 12.7. The van der Waals surface area contributed by atoms with Crippen LogP contribution in [-0.4, -0.2) is 32.7 Å². The number of hydrogen-bond acceptors (Lipinski definition) is 3. The Kier molecular flexibility index (Phi) is 4.07. The molecule has 1 amide bonds. The summed E-state index contributed by atoms with van der Waals surface area (Å²) >= 11 is 0. The average molecular weight is 315 g/mol. The minimum atomic E-state index is -1.16. The first-order valence-electron chi connectivity index (χ1n) is 8.04. The van der Waals surface area contributed by atoms with Crippen molar-refractivity contribution in [2.24, 2.45) is 5.92 Å². The molecule has 1 aromatic heterocycles. The van der Waals surface area contributed by atoms with Gasteiger partial charge in [-0.3, -0.25) is 9.89 Å². The zero-order valence-corrected chi connectivity index (χ0v) is 13.1. The monoisotopic (exact) mass is 315 g/mol. The van der Waals surface area contributed by atoms with E-state index in [1.54, 1.807) is 18.3 Å². The molecule has 1 aliphatic carbocycles. The van der Waals surface area contributed by atoms with Crippen LogP contribution >= 0.6 is 0 Å². The predicted octanol–water partition coefficient (Wildman–Crippen LogP) is 2.72. The number of carbonyl (C=O) groups is 2. The quantitative estimate of drug-likeness (QED) is 0.808. The highest BCUT2D eigenvalue weighted by Crippen LogP contribution is 2.34. The van der Waals surface area contributed by atoms with E-state index in [2.05, 4.69) is 22.4 Å². The van der Waals surface area contributed by atoms with Crippen molar-refractivity contribution in [1.29, 1.82) is 0 Å². The molecule has 0 unspecified atom stereocenters. The lowest BCUT2D eigenvalue weighted by molar-refractivity contribution is -0.146. The molecule has 1 aliphatic rings. The number of carboxylic acid groups (broad SMARTS) is 1. The molecule has 0 atom stereocenters. The number of hydrogen-bond donors (Lipinski definition) is 3. The summed E-state index contributed by atoms with van der Waals surface area (Å²) < 4.78 is 0. The van der Waals surface area contributed by atoms with Crippen molar-refractivity contribution in [3.63, 3.8) is 0 Å². The van der Waals surface area contributed by atoms with E-state index in [1.807, 2.05) is 6.07 Å². The number of rotatable bonds is 4. The summed E-state index contributed by atoms with van der Waals surface area (Å²) in [6.45, 7) is 2.12. The van der Waals surface area contributed by atoms with Crippen LogP contribution in [0.15, 0.2) is 24.4 Å². The zero-order valence-electron chi connectivity index (χ0n) is 13.1. The predicted molar refractivity (Wildman–Crippen MR) is 86.2 cm³/mol. The highest BCUT2D eigenvalue weighted by atomic mass is 16.4. The molecular weight excluding hydrogens is 294 g/mol. The molecule has 0 radical (unpaired) electrons. The van der Waals surface area contributed by atoms with Crippen LogP contribution < -0.4 is 5.32 Å². The van der Waals surface area contributed by atoms with Crippen LogP contribution in [0.5, 0.6) is 0 Å². The summed E-state index contributed by atoms with van der Waals surface area (Å²) in [7, 11) is 0. The summed E-state index contributed by atoms with van der Waals surface area (Å²) in [4.78, 5) is 24.5. The third-order valence-electron chi connectivity index (χ3n) is 5.02. The van der Waals surface area contributed by atoms with E-state index >= 15 is 0 Å². The molecule has 0 saturated heterocycles. The third kappa shape index (κ3) is 2.81. The van der Waals surface area contributed by atoms with E-state index in [4.69, 9.17) is 0 Å². The van der Waals surface area contributed by atoms with E-state index < -0.39 is 11.5 Å². The van der Waals surface area contributed by atoms with Gasteiger partial charge in [0.15, 0.2) is 0 Å². The molecule has 122 valence electrons. The summed E-state index contributed by atoms with van der Waals surface area (Å²) in [5, 5.41) is 20.0. The number of benzene rings is 1. The summed E-state index contributed by atoms with van der Waals surface area (Å²) in [5.41, 5.74) is -0.101. The molecule has 0 bridgehead atoms. The summed E-state index contributed by atoms with van der Waals surface area (Å²) in [6, 6.07) is 5.31. The van der Waals surface area contributed by atoms with Crippen LogP contribution in [0.1, 0.15) is 49.4 Å². The SMILES string of the molecule is CCC1CCC(NC(=O)c2cccc3cn[nH]c23)(C(=O)O)CC1. The molecule has 23 heavy (non-hydrogen) atoms. The van der Waals surface area contributed by atoms with Crippen molar-refractivity contribution in [3.8, 4) is 0 Å². The molecule has 1 aromatic carbocycles. The van der Waals surface area contributed by atoms with Gasteiger partial charge in [0.25, 0.3) is 5.91 Å². The maximum Gasteiger partial charge on any atom is 0.329 e. The highest BCUT2D eigenvalue weighted by Gasteiger charge is 2.43. The van der Waals surface area contributed by atoms with Gasteiger partial charge >= 0.3 is 5.97 Å². The number of amides is 1. The molecule has 1 saturated carbocycles. The second-order valence-corrected chi connectivity index (χ2v) is 6.33. The van der Waals surface area contributed by atoms with Crippen LogP contribution in [0.25, 0.3) is 10.9 Å². The first-order chi connectivity index (χ1) is 11.1. The molecule has 1 fully saturated rings. The Morgan fingerprint density at radius 3 is 2.78 bits per heavy atom. The Labute approximate surface area is 134 Å². The number of H-pyrrole nitrogens is 1. The molecular formula is C17H21N3O3. The minimum absolute atomic E-state index is 0.364. The van der Waals surface area contributed by atoms with Gasteiger partial charge in [-0.15, -0.1) is 0 Å². The van der Waals surface area contributed by atoms with Crippen LogP contribution in [0.4, 0.5) is 0 Å².